The highest BCUT2D eigenvalue weighted by Gasteiger charge is 2.41. The number of aliphatic hydroxyl groups excluding tert-OH is 1. The average Bonchev–Trinajstić information content (AvgIpc) is 2.76. The molecular weight excluding hydrogens is 186 g/mol. The molecule has 4 atom stereocenters. The lowest BCUT2D eigenvalue weighted by molar-refractivity contribution is -0.145. The Bertz CT molecular complexity index is 251. The van der Waals surface area contributed by atoms with E-state index in [1.54, 1.807) is 0 Å². The summed E-state index contributed by atoms with van der Waals surface area (Å²) >= 11 is 0. The minimum Gasteiger partial charge on any atom is -0.480 e. The lowest BCUT2D eigenvalue weighted by Gasteiger charge is -2.16. The zero-order valence-electron chi connectivity index (χ0n) is 8.23. The summed E-state index contributed by atoms with van der Waals surface area (Å²) in [7, 11) is 0. The minimum atomic E-state index is -1.21. The Balaban J connectivity index is 2.47. The molecule has 0 aromatic heterocycles. The van der Waals surface area contributed by atoms with E-state index in [-0.39, 0.29) is 11.8 Å². The van der Waals surface area contributed by atoms with Gasteiger partial charge in [-0.15, -0.1) is 0 Å². The maximum absolute atomic E-state index is 11.3. The Morgan fingerprint density at radius 2 is 2.00 bits per heavy atom. The lowest BCUT2D eigenvalue weighted by Crippen LogP contribution is -2.48. The zero-order valence-corrected chi connectivity index (χ0v) is 8.23. The van der Waals surface area contributed by atoms with Crippen LogP contribution in [0.3, 0.4) is 0 Å². The number of amides is 1. The van der Waals surface area contributed by atoms with E-state index in [1.807, 2.05) is 6.92 Å². The second kappa shape index (κ2) is 3.96. The number of rotatable bonds is 4. The van der Waals surface area contributed by atoms with Gasteiger partial charge in [-0.05, 0) is 19.3 Å². The first-order valence-electron chi connectivity index (χ1n) is 4.64. The molecule has 0 unspecified atom stereocenters. The van der Waals surface area contributed by atoms with Crippen LogP contribution in [0.2, 0.25) is 0 Å². The second-order valence-corrected chi connectivity index (χ2v) is 3.88. The number of carbonyl (C=O) groups is 2. The first-order chi connectivity index (χ1) is 6.43. The van der Waals surface area contributed by atoms with Crippen LogP contribution in [0.4, 0.5) is 0 Å². The van der Waals surface area contributed by atoms with E-state index in [2.05, 4.69) is 5.32 Å². The monoisotopic (exact) mass is 201 g/mol. The van der Waals surface area contributed by atoms with E-state index < -0.39 is 18.1 Å². The SMILES string of the molecule is C[C@H](O)[C@H](NC(=O)[C@H]1C[C@H]1C)C(=O)O. The number of hydrogen-bond donors (Lipinski definition) is 3. The van der Waals surface area contributed by atoms with Crippen LogP contribution in [-0.4, -0.2) is 34.2 Å². The first-order valence-corrected chi connectivity index (χ1v) is 4.64. The lowest BCUT2D eigenvalue weighted by atomic mass is 10.1. The van der Waals surface area contributed by atoms with Gasteiger partial charge in [0.1, 0.15) is 0 Å². The molecule has 14 heavy (non-hydrogen) atoms. The van der Waals surface area contributed by atoms with Crippen molar-refractivity contribution >= 4 is 11.9 Å². The summed E-state index contributed by atoms with van der Waals surface area (Å²) in [6.07, 6.45) is -0.275. The van der Waals surface area contributed by atoms with Gasteiger partial charge in [-0.25, -0.2) is 4.79 Å². The van der Waals surface area contributed by atoms with Crippen molar-refractivity contribution in [2.75, 3.05) is 0 Å². The third kappa shape index (κ3) is 2.45. The van der Waals surface area contributed by atoms with Crippen LogP contribution in [0.5, 0.6) is 0 Å². The summed E-state index contributed by atoms with van der Waals surface area (Å²) < 4.78 is 0. The predicted octanol–water partition coefficient (Wildman–Crippen LogP) is -0.407. The fourth-order valence-electron chi connectivity index (χ4n) is 1.34. The largest absolute Gasteiger partial charge is 0.480 e. The number of aliphatic carboxylic acids is 1. The molecule has 0 saturated heterocycles. The van der Waals surface area contributed by atoms with Crippen LogP contribution < -0.4 is 5.32 Å². The van der Waals surface area contributed by atoms with Gasteiger partial charge in [-0.1, -0.05) is 6.92 Å². The van der Waals surface area contributed by atoms with Crippen molar-refractivity contribution in [2.45, 2.75) is 32.4 Å². The van der Waals surface area contributed by atoms with Crippen LogP contribution in [0.1, 0.15) is 20.3 Å². The fraction of sp³-hybridized carbons (Fsp3) is 0.778. The molecule has 80 valence electrons. The standard InChI is InChI=1S/C9H15NO4/c1-4-3-6(4)8(12)10-7(5(2)11)9(13)14/h4-7,11H,3H2,1-2H3,(H,10,12)(H,13,14)/t4-,5+,6+,7+/m1/s1. The Labute approximate surface area is 82.1 Å². The maximum atomic E-state index is 11.3. The summed E-state index contributed by atoms with van der Waals surface area (Å²) in [6, 6.07) is -1.20. The zero-order chi connectivity index (χ0) is 10.9. The molecule has 1 aliphatic rings. The van der Waals surface area contributed by atoms with Gasteiger partial charge in [-0.2, -0.15) is 0 Å². The summed E-state index contributed by atoms with van der Waals surface area (Å²) in [5.41, 5.74) is 0. The smallest absolute Gasteiger partial charge is 0.328 e. The van der Waals surface area contributed by atoms with Crippen LogP contribution in [0.15, 0.2) is 0 Å². The van der Waals surface area contributed by atoms with E-state index in [1.165, 1.54) is 6.92 Å². The van der Waals surface area contributed by atoms with Gasteiger partial charge in [0.2, 0.25) is 5.91 Å². The van der Waals surface area contributed by atoms with E-state index in [0.29, 0.717) is 5.92 Å². The summed E-state index contributed by atoms with van der Waals surface area (Å²) in [6.45, 7) is 3.28. The molecule has 0 radical (unpaired) electrons. The van der Waals surface area contributed by atoms with Crippen molar-refractivity contribution in [3.8, 4) is 0 Å². The molecular formula is C9H15NO4. The van der Waals surface area contributed by atoms with Gasteiger partial charge >= 0.3 is 5.97 Å². The molecule has 0 heterocycles. The van der Waals surface area contributed by atoms with E-state index >= 15 is 0 Å². The van der Waals surface area contributed by atoms with E-state index in [4.69, 9.17) is 10.2 Å². The molecule has 0 aliphatic heterocycles. The highest BCUT2D eigenvalue weighted by Crippen LogP contribution is 2.37. The number of carboxylic acid groups (broad SMARTS) is 1. The molecule has 0 aromatic rings. The molecule has 5 nitrogen and oxygen atoms in total. The van der Waals surface area contributed by atoms with Gasteiger partial charge in [0.15, 0.2) is 6.04 Å². The molecule has 1 saturated carbocycles. The van der Waals surface area contributed by atoms with Crippen molar-refractivity contribution in [1.82, 2.24) is 5.32 Å². The Morgan fingerprint density at radius 1 is 1.50 bits per heavy atom. The molecule has 3 N–H and O–H groups in total. The maximum Gasteiger partial charge on any atom is 0.328 e. The van der Waals surface area contributed by atoms with Gasteiger partial charge in [-0.3, -0.25) is 4.79 Å². The Hall–Kier alpha value is -1.10. The molecule has 5 heteroatoms. The van der Waals surface area contributed by atoms with Gasteiger partial charge in [0.25, 0.3) is 0 Å². The molecule has 0 aromatic carbocycles. The van der Waals surface area contributed by atoms with Crippen LogP contribution in [0.25, 0.3) is 0 Å². The second-order valence-electron chi connectivity index (χ2n) is 3.88. The quantitative estimate of drug-likeness (QED) is 0.577. The molecule has 1 fully saturated rings. The third-order valence-corrected chi connectivity index (χ3v) is 2.49. The van der Waals surface area contributed by atoms with Crippen molar-refractivity contribution in [2.24, 2.45) is 11.8 Å². The molecule has 0 spiro atoms. The summed E-state index contributed by atoms with van der Waals surface area (Å²) in [5.74, 6) is -1.22. The third-order valence-electron chi connectivity index (χ3n) is 2.49. The number of carbonyl (C=O) groups excluding carboxylic acids is 1. The normalized spacial score (nSPS) is 29.1. The average molecular weight is 201 g/mol. The van der Waals surface area contributed by atoms with E-state index in [0.717, 1.165) is 6.42 Å². The molecule has 1 amide bonds. The number of nitrogens with one attached hydrogen (secondary N) is 1. The fourth-order valence-corrected chi connectivity index (χ4v) is 1.34. The van der Waals surface area contributed by atoms with Crippen molar-refractivity contribution < 1.29 is 19.8 Å². The highest BCUT2D eigenvalue weighted by atomic mass is 16.4. The predicted molar refractivity (Wildman–Crippen MR) is 48.5 cm³/mol. The van der Waals surface area contributed by atoms with Gasteiger partial charge < -0.3 is 15.5 Å². The summed E-state index contributed by atoms with van der Waals surface area (Å²) in [4.78, 5) is 22.0. The molecule has 1 aliphatic carbocycles. The van der Waals surface area contributed by atoms with Gasteiger partial charge in [0.05, 0.1) is 6.10 Å². The number of carboxylic acids is 1. The number of hydrogen-bond acceptors (Lipinski definition) is 3. The van der Waals surface area contributed by atoms with Crippen molar-refractivity contribution in [1.29, 1.82) is 0 Å². The van der Waals surface area contributed by atoms with Crippen LogP contribution >= 0.6 is 0 Å². The topological polar surface area (TPSA) is 86.6 Å². The molecule has 0 bridgehead atoms. The van der Waals surface area contributed by atoms with Crippen molar-refractivity contribution in [3.63, 3.8) is 0 Å². The Morgan fingerprint density at radius 3 is 2.29 bits per heavy atom. The van der Waals surface area contributed by atoms with Crippen LogP contribution in [0, 0.1) is 11.8 Å². The first kappa shape index (κ1) is 11.0. The van der Waals surface area contributed by atoms with Crippen molar-refractivity contribution in [3.05, 3.63) is 0 Å². The summed E-state index contributed by atoms with van der Waals surface area (Å²) in [5, 5.41) is 20.1. The van der Waals surface area contributed by atoms with Crippen LogP contribution in [-0.2, 0) is 9.59 Å². The van der Waals surface area contributed by atoms with E-state index in [9.17, 15) is 9.59 Å². The molecule has 1 rings (SSSR count). The number of aliphatic hydroxyl groups is 1. The highest BCUT2D eigenvalue weighted by molar-refractivity contribution is 5.86. The minimum absolute atomic E-state index is 0.0735. The van der Waals surface area contributed by atoms with Gasteiger partial charge in [0, 0.05) is 5.92 Å². The Kier molecular flexibility index (Phi) is 3.10.